The SMILES string of the molecule is N[C@H]1CC[C@H]2CN(c3c(F)cc4c(=O)c(C(=O)O)cn(C5CC5)c4c3F)C[C@H]21. The molecule has 1 aliphatic heterocycles. The van der Waals surface area contributed by atoms with Gasteiger partial charge in [-0.25, -0.2) is 13.6 Å². The van der Waals surface area contributed by atoms with E-state index in [1.165, 1.54) is 10.8 Å². The molecule has 0 unspecified atom stereocenters. The van der Waals surface area contributed by atoms with E-state index in [2.05, 4.69) is 0 Å². The van der Waals surface area contributed by atoms with Crippen molar-refractivity contribution in [3.05, 3.63) is 39.7 Å². The first-order valence-electron chi connectivity index (χ1n) is 9.67. The van der Waals surface area contributed by atoms with Crippen LogP contribution in [0.25, 0.3) is 10.9 Å². The minimum Gasteiger partial charge on any atom is -0.477 e. The molecule has 3 N–H and O–H groups in total. The van der Waals surface area contributed by atoms with Gasteiger partial charge >= 0.3 is 5.97 Å². The van der Waals surface area contributed by atoms with Crippen molar-refractivity contribution < 1.29 is 18.7 Å². The number of nitrogens with two attached hydrogens (primary N) is 1. The Labute approximate surface area is 159 Å². The molecule has 3 aliphatic rings. The number of rotatable bonds is 3. The first kappa shape index (κ1) is 17.6. The Morgan fingerprint density at radius 3 is 2.57 bits per heavy atom. The van der Waals surface area contributed by atoms with Crippen molar-refractivity contribution in [3.63, 3.8) is 0 Å². The summed E-state index contributed by atoms with van der Waals surface area (Å²) in [4.78, 5) is 25.7. The van der Waals surface area contributed by atoms with Crippen molar-refractivity contribution in [2.45, 2.75) is 37.8 Å². The lowest BCUT2D eigenvalue weighted by Crippen LogP contribution is -2.31. The number of anilines is 1. The number of pyridine rings is 1. The predicted octanol–water partition coefficient (Wildman–Crippen LogP) is 2.49. The van der Waals surface area contributed by atoms with E-state index in [9.17, 15) is 19.1 Å². The van der Waals surface area contributed by atoms with Crippen LogP contribution in [0, 0.1) is 23.5 Å². The van der Waals surface area contributed by atoms with Gasteiger partial charge in [0.15, 0.2) is 5.82 Å². The average Bonchev–Trinajstić information content (AvgIpc) is 3.31. The maximum absolute atomic E-state index is 15.6. The van der Waals surface area contributed by atoms with Gasteiger partial charge in [0.2, 0.25) is 5.43 Å². The van der Waals surface area contributed by atoms with Gasteiger partial charge in [-0.3, -0.25) is 4.79 Å². The number of carboxylic acids is 1. The van der Waals surface area contributed by atoms with Crippen molar-refractivity contribution in [2.75, 3.05) is 18.0 Å². The molecule has 3 fully saturated rings. The second-order valence-electron chi connectivity index (χ2n) is 8.30. The van der Waals surface area contributed by atoms with Crippen LogP contribution in [0.3, 0.4) is 0 Å². The van der Waals surface area contributed by atoms with E-state index in [0.717, 1.165) is 31.7 Å². The van der Waals surface area contributed by atoms with Gasteiger partial charge in [-0.2, -0.15) is 0 Å². The minimum absolute atomic E-state index is 0.00439. The van der Waals surface area contributed by atoms with E-state index >= 15 is 4.39 Å². The molecule has 1 saturated heterocycles. The summed E-state index contributed by atoms with van der Waals surface area (Å²) >= 11 is 0. The lowest BCUT2D eigenvalue weighted by atomic mass is 9.98. The number of hydrogen-bond acceptors (Lipinski definition) is 4. The van der Waals surface area contributed by atoms with E-state index in [0.29, 0.717) is 19.0 Å². The van der Waals surface area contributed by atoms with Gasteiger partial charge < -0.3 is 20.3 Å². The second-order valence-corrected chi connectivity index (χ2v) is 8.30. The van der Waals surface area contributed by atoms with E-state index in [-0.39, 0.29) is 34.6 Å². The Hall–Kier alpha value is -2.48. The van der Waals surface area contributed by atoms with Gasteiger partial charge in [0.1, 0.15) is 17.1 Å². The van der Waals surface area contributed by atoms with Gasteiger partial charge in [0.25, 0.3) is 0 Å². The smallest absolute Gasteiger partial charge is 0.341 e. The molecule has 1 aromatic carbocycles. The number of aromatic carboxylic acids is 1. The average molecular weight is 389 g/mol. The van der Waals surface area contributed by atoms with Gasteiger partial charge in [-0.15, -0.1) is 0 Å². The van der Waals surface area contributed by atoms with Crippen molar-refractivity contribution in [1.82, 2.24) is 4.57 Å². The molecule has 28 heavy (non-hydrogen) atoms. The number of carboxylic acid groups (broad SMARTS) is 1. The van der Waals surface area contributed by atoms with Crippen molar-refractivity contribution in [3.8, 4) is 0 Å². The maximum Gasteiger partial charge on any atom is 0.341 e. The topological polar surface area (TPSA) is 88.6 Å². The summed E-state index contributed by atoms with van der Waals surface area (Å²) in [5.41, 5.74) is 4.69. The van der Waals surface area contributed by atoms with Crippen LogP contribution in [0.1, 0.15) is 42.1 Å². The molecule has 2 heterocycles. The third-order valence-corrected chi connectivity index (χ3v) is 6.58. The Balaban J connectivity index is 1.70. The molecule has 3 atom stereocenters. The highest BCUT2D eigenvalue weighted by Crippen LogP contribution is 2.43. The summed E-state index contributed by atoms with van der Waals surface area (Å²) in [5, 5.41) is 9.09. The van der Waals surface area contributed by atoms with Crippen molar-refractivity contribution >= 4 is 22.6 Å². The standard InChI is InChI=1S/C20H21F2N3O3/c21-14-5-11-17(25(10-2-3-10)8-13(19(11)26)20(27)28)16(22)18(14)24-6-9-1-4-15(23)12(9)7-24/h5,8-10,12,15H,1-4,6-7,23H2,(H,27,28)/t9-,12+,15-/m0/s1. The highest BCUT2D eigenvalue weighted by molar-refractivity contribution is 5.94. The molecule has 6 nitrogen and oxygen atoms in total. The first-order valence-corrected chi connectivity index (χ1v) is 9.67. The zero-order valence-corrected chi connectivity index (χ0v) is 15.2. The van der Waals surface area contributed by atoms with Crippen LogP contribution in [-0.4, -0.2) is 34.8 Å². The molecule has 5 rings (SSSR count). The molecule has 2 aliphatic carbocycles. The zero-order valence-electron chi connectivity index (χ0n) is 15.2. The molecule has 0 radical (unpaired) electrons. The molecular weight excluding hydrogens is 368 g/mol. The number of hydrogen-bond donors (Lipinski definition) is 2. The number of carbonyl (C=O) groups is 1. The fraction of sp³-hybridized carbons (Fsp3) is 0.500. The molecular formula is C20H21F2N3O3. The molecule has 2 aromatic rings. The molecule has 1 aromatic heterocycles. The largest absolute Gasteiger partial charge is 0.477 e. The highest BCUT2D eigenvalue weighted by atomic mass is 19.1. The number of benzene rings is 1. The molecule has 2 saturated carbocycles. The molecule has 0 amide bonds. The lowest BCUT2D eigenvalue weighted by molar-refractivity contribution is 0.0695. The fourth-order valence-electron chi connectivity index (χ4n) is 5.00. The van der Waals surface area contributed by atoms with Gasteiger partial charge in [-0.1, -0.05) is 0 Å². The van der Waals surface area contributed by atoms with Crippen molar-refractivity contribution in [2.24, 2.45) is 17.6 Å². The lowest BCUT2D eigenvalue weighted by Gasteiger charge is -2.24. The van der Waals surface area contributed by atoms with Crippen LogP contribution in [0.15, 0.2) is 17.1 Å². The second kappa shape index (κ2) is 6.01. The van der Waals surface area contributed by atoms with E-state index in [1.807, 2.05) is 0 Å². The third-order valence-electron chi connectivity index (χ3n) is 6.58. The van der Waals surface area contributed by atoms with Crippen LogP contribution in [0.4, 0.5) is 14.5 Å². The minimum atomic E-state index is -1.40. The maximum atomic E-state index is 15.6. The number of nitrogens with zero attached hydrogens (tertiary/aromatic N) is 2. The summed E-state index contributed by atoms with van der Waals surface area (Å²) in [5.74, 6) is -2.48. The summed E-state index contributed by atoms with van der Waals surface area (Å²) in [7, 11) is 0. The van der Waals surface area contributed by atoms with Gasteiger partial charge in [0, 0.05) is 31.4 Å². The molecule has 0 bridgehead atoms. The van der Waals surface area contributed by atoms with Crippen molar-refractivity contribution in [1.29, 1.82) is 0 Å². The summed E-state index contributed by atoms with van der Waals surface area (Å²) in [6, 6.07) is 0.972. The Bertz CT molecular complexity index is 1060. The van der Waals surface area contributed by atoms with E-state index < -0.39 is 28.6 Å². The number of halogens is 2. The summed E-state index contributed by atoms with van der Waals surface area (Å²) < 4.78 is 32.1. The first-order chi connectivity index (χ1) is 13.4. The zero-order chi connectivity index (χ0) is 19.7. The predicted molar refractivity (Wildman–Crippen MR) is 99.8 cm³/mol. The monoisotopic (exact) mass is 389 g/mol. The normalized spacial score (nSPS) is 26.8. The van der Waals surface area contributed by atoms with Gasteiger partial charge in [-0.05, 0) is 43.6 Å². The van der Waals surface area contributed by atoms with Crippen LogP contribution < -0.4 is 16.1 Å². The van der Waals surface area contributed by atoms with Gasteiger partial charge in [0.05, 0.1) is 10.9 Å². The highest BCUT2D eigenvalue weighted by Gasteiger charge is 2.42. The van der Waals surface area contributed by atoms with Crippen LogP contribution >= 0.6 is 0 Å². The Kier molecular flexibility index (Phi) is 3.78. The van der Waals surface area contributed by atoms with Crippen LogP contribution in [-0.2, 0) is 0 Å². The summed E-state index contributed by atoms with van der Waals surface area (Å²) in [6.45, 7) is 1.03. The molecule has 8 heteroatoms. The fourth-order valence-corrected chi connectivity index (χ4v) is 5.00. The number of fused-ring (bicyclic) bond motifs is 2. The van der Waals surface area contributed by atoms with E-state index in [4.69, 9.17) is 5.73 Å². The Morgan fingerprint density at radius 2 is 1.93 bits per heavy atom. The van der Waals surface area contributed by atoms with E-state index in [1.54, 1.807) is 4.90 Å². The Morgan fingerprint density at radius 1 is 1.18 bits per heavy atom. The molecule has 148 valence electrons. The summed E-state index contributed by atoms with van der Waals surface area (Å²) in [6.07, 6.45) is 4.63. The number of aromatic nitrogens is 1. The van der Waals surface area contributed by atoms with Crippen LogP contribution in [0.5, 0.6) is 0 Å². The third kappa shape index (κ3) is 2.47. The quantitative estimate of drug-likeness (QED) is 0.842. The van der Waals surface area contributed by atoms with Crippen LogP contribution in [0.2, 0.25) is 0 Å². The molecule has 0 spiro atoms.